The van der Waals surface area contributed by atoms with E-state index in [-0.39, 0.29) is 24.0 Å². The monoisotopic (exact) mass is 444 g/mol. The lowest BCUT2D eigenvalue weighted by molar-refractivity contribution is 0.925. The Morgan fingerprint density at radius 2 is 2.00 bits per heavy atom. The number of hydrogen-bond acceptors (Lipinski definition) is 3. The number of nitrogens with two attached hydrogens (primary N) is 1. The van der Waals surface area contributed by atoms with E-state index in [0.29, 0.717) is 12.5 Å². The Bertz CT molecular complexity index is 679. The molecule has 0 bridgehead atoms. The second-order valence-electron chi connectivity index (χ2n) is 5.41. The third-order valence-corrected chi connectivity index (χ3v) is 4.73. The van der Waals surface area contributed by atoms with Crippen molar-refractivity contribution in [3.05, 3.63) is 44.9 Å². The summed E-state index contributed by atoms with van der Waals surface area (Å²) in [6, 6.07) is 6.17. The third kappa shape index (κ3) is 5.76. The molecule has 0 atom stereocenters. The molecule has 3 N–H and O–H groups in total. The van der Waals surface area contributed by atoms with Crippen LogP contribution in [0.3, 0.4) is 0 Å². The Morgan fingerprint density at radius 3 is 2.61 bits per heavy atom. The molecule has 1 heterocycles. The molecule has 0 aliphatic carbocycles. The standard InChI is InChI=1S/C17H24N4S.HI/c1-5-15-13(4)22-16(21-15)8-9-19-17(18)20-14-7-6-11(2)12(3)10-14;/h6-7,10H,5,8-9H2,1-4H3,(H3,18,19,20);1H. The van der Waals surface area contributed by atoms with Crippen molar-refractivity contribution in [2.75, 3.05) is 11.9 Å². The number of rotatable bonds is 5. The molecule has 2 rings (SSSR count). The van der Waals surface area contributed by atoms with Gasteiger partial charge in [-0.3, -0.25) is 4.99 Å². The minimum atomic E-state index is 0. The van der Waals surface area contributed by atoms with Gasteiger partial charge < -0.3 is 11.1 Å². The Balaban J connectivity index is 0.00000264. The lowest BCUT2D eigenvalue weighted by Crippen LogP contribution is -2.23. The van der Waals surface area contributed by atoms with Crippen molar-refractivity contribution >= 4 is 47.0 Å². The zero-order valence-corrected chi connectivity index (χ0v) is 17.3. The predicted molar refractivity (Wildman–Crippen MR) is 111 cm³/mol. The minimum Gasteiger partial charge on any atom is -0.370 e. The largest absolute Gasteiger partial charge is 0.370 e. The summed E-state index contributed by atoms with van der Waals surface area (Å²) in [5, 5.41) is 4.27. The molecule has 0 radical (unpaired) electrons. The summed E-state index contributed by atoms with van der Waals surface area (Å²) in [5.41, 5.74) is 10.6. The number of halogens is 1. The first-order valence-electron chi connectivity index (χ1n) is 7.59. The molecule has 0 aliphatic rings. The molecule has 0 spiro atoms. The van der Waals surface area contributed by atoms with Crippen LogP contribution in [-0.2, 0) is 12.8 Å². The quantitative estimate of drug-likeness (QED) is 0.413. The molecule has 6 heteroatoms. The van der Waals surface area contributed by atoms with E-state index in [0.717, 1.165) is 23.5 Å². The van der Waals surface area contributed by atoms with Gasteiger partial charge in [0.2, 0.25) is 0 Å². The maximum absolute atomic E-state index is 5.94. The van der Waals surface area contributed by atoms with Crippen LogP contribution in [0.4, 0.5) is 5.69 Å². The van der Waals surface area contributed by atoms with Gasteiger partial charge in [0.05, 0.1) is 10.7 Å². The Kier molecular flexibility index (Phi) is 7.98. The van der Waals surface area contributed by atoms with Crippen LogP contribution in [0, 0.1) is 20.8 Å². The number of anilines is 1. The summed E-state index contributed by atoms with van der Waals surface area (Å²) in [6.45, 7) is 9.09. The number of aryl methyl sites for hydroxylation is 4. The highest BCUT2D eigenvalue weighted by atomic mass is 127. The van der Waals surface area contributed by atoms with Crippen molar-refractivity contribution in [3.63, 3.8) is 0 Å². The van der Waals surface area contributed by atoms with Crippen molar-refractivity contribution in [2.24, 2.45) is 10.7 Å². The van der Waals surface area contributed by atoms with Crippen LogP contribution in [0.15, 0.2) is 23.2 Å². The van der Waals surface area contributed by atoms with Crippen molar-refractivity contribution in [1.82, 2.24) is 4.98 Å². The van der Waals surface area contributed by atoms with Crippen molar-refractivity contribution in [3.8, 4) is 0 Å². The van der Waals surface area contributed by atoms with Crippen LogP contribution < -0.4 is 11.1 Å². The Morgan fingerprint density at radius 1 is 1.26 bits per heavy atom. The SMILES string of the molecule is CCc1nc(CCN=C(N)Nc2ccc(C)c(C)c2)sc1C.I. The van der Waals surface area contributed by atoms with Gasteiger partial charge in [-0.25, -0.2) is 4.98 Å². The Hall–Kier alpha value is -1.15. The van der Waals surface area contributed by atoms with Crippen LogP contribution in [0.2, 0.25) is 0 Å². The van der Waals surface area contributed by atoms with Crippen LogP contribution in [0.1, 0.15) is 33.6 Å². The number of aromatic nitrogens is 1. The van der Waals surface area contributed by atoms with E-state index in [1.54, 1.807) is 11.3 Å². The number of nitrogens with one attached hydrogen (secondary N) is 1. The zero-order chi connectivity index (χ0) is 16.1. The van der Waals surface area contributed by atoms with E-state index in [1.807, 2.05) is 6.07 Å². The minimum absolute atomic E-state index is 0. The molecule has 23 heavy (non-hydrogen) atoms. The first-order chi connectivity index (χ1) is 10.5. The van der Waals surface area contributed by atoms with Gasteiger partial charge in [-0.2, -0.15) is 0 Å². The molecular formula is C17H25IN4S. The van der Waals surface area contributed by atoms with Gasteiger partial charge in [-0.05, 0) is 50.5 Å². The summed E-state index contributed by atoms with van der Waals surface area (Å²) >= 11 is 1.76. The molecule has 4 nitrogen and oxygen atoms in total. The highest BCUT2D eigenvalue weighted by Crippen LogP contribution is 2.18. The normalized spacial score (nSPS) is 11.2. The number of thiazole rings is 1. The van der Waals surface area contributed by atoms with Crippen LogP contribution in [0.5, 0.6) is 0 Å². The number of guanidine groups is 1. The smallest absolute Gasteiger partial charge is 0.193 e. The molecule has 2 aromatic rings. The van der Waals surface area contributed by atoms with Crippen molar-refractivity contribution < 1.29 is 0 Å². The fourth-order valence-electron chi connectivity index (χ4n) is 2.20. The second kappa shape index (κ2) is 9.22. The Labute approximate surface area is 159 Å². The molecule has 0 amide bonds. The van der Waals surface area contributed by atoms with Gasteiger partial charge in [-0.1, -0.05) is 13.0 Å². The molecule has 0 fully saturated rings. The molecule has 0 unspecified atom stereocenters. The molecule has 1 aromatic heterocycles. The van der Waals surface area contributed by atoms with Crippen LogP contribution in [-0.4, -0.2) is 17.5 Å². The summed E-state index contributed by atoms with van der Waals surface area (Å²) in [6.07, 6.45) is 1.82. The number of benzene rings is 1. The highest BCUT2D eigenvalue weighted by Gasteiger charge is 2.05. The van der Waals surface area contributed by atoms with Gasteiger partial charge in [0, 0.05) is 23.5 Å². The lowest BCUT2D eigenvalue weighted by Gasteiger charge is -2.07. The van der Waals surface area contributed by atoms with E-state index in [4.69, 9.17) is 5.73 Å². The van der Waals surface area contributed by atoms with E-state index in [1.165, 1.54) is 21.7 Å². The van der Waals surface area contributed by atoms with E-state index in [2.05, 4.69) is 55.1 Å². The second-order valence-corrected chi connectivity index (χ2v) is 6.69. The van der Waals surface area contributed by atoms with E-state index >= 15 is 0 Å². The van der Waals surface area contributed by atoms with Crippen LogP contribution >= 0.6 is 35.3 Å². The highest BCUT2D eigenvalue weighted by molar-refractivity contribution is 14.0. The summed E-state index contributed by atoms with van der Waals surface area (Å²) < 4.78 is 0. The van der Waals surface area contributed by atoms with Gasteiger partial charge in [0.1, 0.15) is 0 Å². The molecular weight excluding hydrogens is 419 g/mol. The van der Waals surface area contributed by atoms with Gasteiger partial charge in [0.15, 0.2) is 5.96 Å². The van der Waals surface area contributed by atoms with Crippen molar-refractivity contribution in [1.29, 1.82) is 0 Å². The fraction of sp³-hybridized carbons (Fsp3) is 0.412. The molecule has 1 aromatic carbocycles. The average molecular weight is 444 g/mol. The van der Waals surface area contributed by atoms with Crippen molar-refractivity contribution in [2.45, 2.75) is 40.5 Å². The van der Waals surface area contributed by atoms with Gasteiger partial charge in [-0.15, -0.1) is 35.3 Å². The maximum Gasteiger partial charge on any atom is 0.193 e. The molecule has 0 saturated heterocycles. The first-order valence-corrected chi connectivity index (χ1v) is 8.40. The summed E-state index contributed by atoms with van der Waals surface area (Å²) in [5.74, 6) is 0.451. The number of nitrogens with zero attached hydrogens (tertiary/aromatic N) is 2. The molecule has 0 saturated carbocycles. The van der Waals surface area contributed by atoms with Crippen LogP contribution in [0.25, 0.3) is 0 Å². The fourth-order valence-corrected chi connectivity index (χ4v) is 3.21. The van der Waals surface area contributed by atoms with Gasteiger partial charge in [0.25, 0.3) is 0 Å². The third-order valence-electron chi connectivity index (χ3n) is 3.66. The first kappa shape index (κ1) is 19.9. The zero-order valence-electron chi connectivity index (χ0n) is 14.1. The maximum atomic E-state index is 5.94. The molecule has 0 aliphatic heterocycles. The number of hydrogen-bond donors (Lipinski definition) is 2. The summed E-state index contributed by atoms with van der Waals surface area (Å²) in [7, 11) is 0. The topological polar surface area (TPSA) is 63.3 Å². The number of aliphatic imine (C=N–C) groups is 1. The summed E-state index contributed by atoms with van der Waals surface area (Å²) in [4.78, 5) is 10.3. The van der Waals surface area contributed by atoms with Gasteiger partial charge >= 0.3 is 0 Å². The molecule has 126 valence electrons. The average Bonchev–Trinajstić information content (AvgIpc) is 2.83. The van der Waals surface area contributed by atoms with E-state index < -0.39 is 0 Å². The van der Waals surface area contributed by atoms with E-state index in [9.17, 15) is 0 Å². The predicted octanol–water partition coefficient (Wildman–Crippen LogP) is 4.22. The lowest BCUT2D eigenvalue weighted by atomic mass is 10.1.